The maximum atomic E-state index is 11.6. The number of ether oxygens (including phenoxy) is 1. The Balaban J connectivity index is 1.85. The van der Waals surface area contributed by atoms with Gasteiger partial charge in [-0.3, -0.25) is 9.59 Å². The van der Waals surface area contributed by atoms with Gasteiger partial charge in [0.25, 0.3) is 0 Å². The van der Waals surface area contributed by atoms with E-state index in [4.69, 9.17) is 4.74 Å². The fourth-order valence-corrected chi connectivity index (χ4v) is 1.46. The van der Waals surface area contributed by atoms with Crippen molar-refractivity contribution in [2.45, 2.75) is 18.9 Å². The molecule has 2 N–H and O–H groups in total. The first-order valence-corrected chi connectivity index (χ1v) is 6.14. The van der Waals surface area contributed by atoms with E-state index in [0.29, 0.717) is 18.0 Å². The smallest absolute Gasteiger partial charge is 0.313 e. The highest BCUT2D eigenvalue weighted by Gasteiger charge is 2.26. The molecule has 1 fully saturated rings. The van der Waals surface area contributed by atoms with Crippen LogP contribution in [0.15, 0.2) is 36.9 Å². The Kier molecular flexibility index (Phi) is 4.18. The van der Waals surface area contributed by atoms with Crippen molar-refractivity contribution >= 4 is 17.5 Å². The van der Waals surface area contributed by atoms with Gasteiger partial charge in [-0.05, 0) is 37.1 Å². The molecule has 5 nitrogen and oxygen atoms in total. The predicted octanol–water partition coefficient (Wildman–Crippen LogP) is 1.47. The summed E-state index contributed by atoms with van der Waals surface area (Å²) in [5, 5.41) is 5.16. The van der Waals surface area contributed by atoms with E-state index in [9.17, 15) is 9.59 Å². The molecule has 1 aromatic rings. The van der Waals surface area contributed by atoms with Crippen LogP contribution in [0, 0.1) is 0 Å². The van der Waals surface area contributed by atoms with Gasteiger partial charge in [0.1, 0.15) is 12.4 Å². The molecule has 5 heteroatoms. The predicted molar refractivity (Wildman–Crippen MR) is 71.9 cm³/mol. The highest BCUT2D eigenvalue weighted by Crippen LogP contribution is 2.19. The summed E-state index contributed by atoms with van der Waals surface area (Å²) in [7, 11) is 0. The maximum absolute atomic E-state index is 11.6. The third-order valence-corrected chi connectivity index (χ3v) is 2.60. The number of hydrogen-bond donors (Lipinski definition) is 2. The van der Waals surface area contributed by atoms with E-state index >= 15 is 0 Å². The largest absolute Gasteiger partial charge is 0.490 e. The second-order valence-electron chi connectivity index (χ2n) is 4.33. The van der Waals surface area contributed by atoms with Crippen LogP contribution in [0.5, 0.6) is 5.75 Å². The van der Waals surface area contributed by atoms with Crippen LogP contribution in [0.2, 0.25) is 0 Å². The van der Waals surface area contributed by atoms with Gasteiger partial charge >= 0.3 is 11.8 Å². The normalized spacial score (nSPS) is 13.5. The minimum atomic E-state index is -0.647. The topological polar surface area (TPSA) is 67.4 Å². The van der Waals surface area contributed by atoms with Gasteiger partial charge in [-0.1, -0.05) is 12.7 Å². The lowest BCUT2D eigenvalue weighted by Gasteiger charge is -2.07. The van der Waals surface area contributed by atoms with Crippen LogP contribution in [0.4, 0.5) is 5.69 Å². The van der Waals surface area contributed by atoms with Crippen LogP contribution in [-0.2, 0) is 9.59 Å². The zero-order chi connectivity index (χ0) is 13.7. The average molecular weight is 260 g/mol. The highest BCUT2D eigenvalue weighted by atomic mass is 16.5. The number of anilines is 1. The van der Waals surface area contributed by atoms with E-state index in [1.54, 1.807) is 30.3 Å². The monoisotopic (exact) mass is 260 g/mol. The van der Waals surface area contributed by atoms with E-state index < -0.39 is 11.8 Å². The first-order valence-electron chi connectivity index (χ1n) is 6.14. The highest BCUT2D eigenvalue weighted by molar-refractivity contribution is 6.39. The summed E-state index contributed by atoms with van der Waals surface area (Å²) >= 11 is 0. The summed E-state index contributed by atoms with van der Waals surface area (Å²) in [5.74, 6) is -0.554. The molecule has 0 aliphatic heterocycles. The van der Waals surface area contributed by atoms with Crippen LogP contribution < -0.4 is 15.4 Å². The summed E-state index contributed by atoms with van der Waals surface area (Å²) in [6.07, 6.45) is 3.56. The number of nitrogens with one attached hydrogen (secondary N) is 2. The quantitative estimate of drug-likeness (QED) is 0.622. The number of amides is 2. The second kappa shape index (κ2) is 6.04. The number of benzene rings is 1. The molecule has 0 unspecified atom stereocenters. The zero-order valence-corrected chi connectivity index (χ0v) is 10.5. The number of carbonyl (C=O) groups is 2. The molecule has 2 rings (SSSR count). The third kappa shape index (κ3) is 4.13. The van der Waals surface area contributed by atoms with Crippen LogP contribution in [0.1, 0.15) is 12.8 Å². The first-order chi connectivity index (χ1) is 9.19. The molecule has 1 saturated carbocycles. The molecule has 1 aliphatic carbocycles. The molecule has 0 radical (unpaired) electrons. The van der Waals surface area contributed by atoms with Crippen LogP contribution in [-0.4, -0.2) is 24.5 Å². The fourth-order valence-electron chi connectivity index (χ4n) is 1.46. The van der Waals surface area contributed by atoms with Crippen molar-refractivity contribution in [1.29, 1.82) is 0 Å². The summed E-state index contributed by atoms with van der Waals surface area (Å²) < 4.78 is 5.31. The summed E-state index contributed by atoms with van der Waals surface area (Å²) in [6.45, 7) is 3.98. The molecule has 0 atom stereocenters. The Morgan fingerprint density at radius 3 is 2.53 bits per heavy atom. The molecule has 0 spiro atoms. The zero-order valence-electron chi connectivity index (χ0n) is 10.5. The molecule has 2 amide bonds. The van der Waals surface area contributed by atoms with E-state index in [-0.39, 0.29) is 6.04 Å². The van der Waals surface area contributed by atoms with Crippen molar-refractivity contribution in [1.82, 2.24) is 5.32 Å². The molecule has 0 heterocycles. The number of rotatable bonds is 5. The van der Waals surface area contributed by atoms with Crippen LogP contribution in [0.25, 0.3) is 0 Å². The van der Waals surface area contributed by atoms with Crippen molar-refractivity contribution in [3.05, 3.63) is 36.9 Å². The Labute approximate surface area is 111 Å². The average Bonchev–Trinajstić information content (AvgIpc) is 3.22. The van der Waals surface area contributed by atoms with Crippen molar-refractivity contribution in [2.75, 3.05) is 11.9 Å². The summed E-state index contributed by atoms with van der Waals surface area (Å²) in [6, 6.07) is 6.98. The molecule has 1 aromatic carbocycles. The molecule has 1 aliphatic rings. The van der Waals surface area contributed by atoms with Gasteiger partial charge in [0, 0.05) is 11.7 Å². The van der Waals surface area contributed by atoms with Gasteiger partial charge in [-0.15, -0.1) is 0 Å². The standard InChI is InChI=1S/C14H16N2O3/c1-2-9-19-12-7-5-11(6-8-12)16-14(18)13(17)15-10-3-4-10/h2,5-8,10H,1,3-4,9H2,(H,15,17)(H,16,18). The minimum Gasteiger partial charge on any atom is -0.490 e. The lowest BCUT2D eigenvalue weighted by molar-refractivity contribution is -0.136. The molecule has 19 heavy (non-hydrogen) atoms. The molecule has 0 aromatic heterocycles. The third-order valence-electron chi connectivity index (χ3n) is 2.60. The SMILES string of the molecule is C=CCOc1ccc(NC(=O)C(=O)NC2CC2)cc1. The van der Waals surface area contributed by atoms with Gasteiger partial charge in [0.2, 0.25) is 0 Å². The van der Waals surface area contributed by atoms with Gasteiger partial charge in [-0.25, -0.2) is 0 Å². The Morgan fingerprint density at radius 1 is 1.26 bits per heavy atom. The second-order valence-corrected chi connectivity index (χ2v) is 4.33. The molecular weight excluding hydrogens is 244 g/mol. The molecule has 100 valence electrons. The van der Waals surface area contributed by atoms with E-state index in [0.717, 1.165) is 12.8 Å². The molecular formula is C14H16N2O3. The van der Waals surface area contributed by atoms with Crippen molar-refractivity contribution in [2.24, 2.45) is 0 Å². The molecule has 0 saturated heterocycles. The van der Waals surface area contributed by atoms with Crippen molar-refractivity contribution in [3.8, 4) is 5.75 Å². The lowest BCUT2D eigenvalue weighted by atomic mass is 10.3. The lowest BCUT2D eigenvalue weighted by Crippen LogP contribution is -2.36. The number of carbonyl (C=O) groups excluding carboxylic acids is 2. The van der Waals surface area contributed by atoms with Gasteiger partial charge in [-0.2, -0.15) is 0 Å². The Morgan fingerprint density at radius 2 is 1.95 bits per heavy atom. The van der Waals surface area contributed by atoms with Gasteiger partial charge < -0.3 is 15.4 Å². The van der Waals surface area contributed by atoms with Gasteiger partial charge in [0.05, 0.1) is 0 Å². The van der Waals surface area contributed by atoms with Crippen molar-refractivity contribution in [3.63, 3.8) is 0 Å². The first kappa shape index (κ1) is 13.1. The van der Waals surface area contributed by atoms with Crippen LogP contribution >= 0.6 is 0 Å². The molecule has 0 bridgehead atoms. The van der Waals surface area contributed by atoms with Gasteiger partial charge in [0.15, 0.2) is 0 Å². The van der Waals surface area contributed by atoms with E-state index in [1.165, 1.54) is 0 Å². The fraction of sp³-hybridized carbons (Fsp3) is 0.286. The summed E-state index contributed by atoms with van der Waals surface area (Å²) in [5.41, 5.74) is 0.557. The maximum Gasteiger partial charge on any atom is 0.313 e. The van der Waals surface area contributed by atoms with E-state index in [2.05, 4.69) is 17.2 Å². The summed E-state index contributed by atoms with van der Waals surface area (Å²) in [4.78, 5) is 23.0. The Hall–Kier alpha value is -2.30. The van der Waals surface area contributed by atoms with Crippen molar-refractivity contribution < 1.29 is 14.3 Å². The van der Waals surface area contributed by atoms with Crippen LogP contribution in [0.3, 0.4) is 0 Å². The minimum absolute atomic E-state index is 0.174. The number of hydrogen-bond acceptors (Lipinski definition) is 3. The Bertz CT molecular complexity index is 478. The van der Waals surface area contributed by atoms with E-state index in [1.807, 2.05) is 0 Å².